The van der Waals surface area contributed by atoms with Crippen molar-refractivity contribution in [1.82, 2.24) is 5.32 Å². The van der Waals surface area contributed by atoms with Crippen molar-refractivity contribution in [3.05, 3.63) is 93.7 Å². The van der Waals surface area contributed by atoms with Gasteiger partial charge in [-0.15, -0.1) is 0 Å². The number of rotatable bonds is 9. The summed E-state index contributed by atoms with van der Waals surface area (Å²) in [5.74, 6) is -0.151. The van der Waals surface area contributed by atoms with E-state index >= 15 is 0 Å². The first kappa shape index (κ1) is 24.8. The van der Waals surface area contributed by atoms with Crippen LogP contribution in [-0.4, -0.2) is 33.7 Å². The third-order valence-electron chi connectivity index (χ3n) is 4.61. The summed E-state index contributed by atoms with van der Waals surface area (Å²) in [6, 6.07) is 16.9. The normalized spacial score (nSPS) is 11.2. The van der Waals surface area contributed by atoms with Crippen LogP contribution >= 0.6 is 23.2 Å². The Labute approximate surface area is 201 Å². The Morgan fingerprint density at radius 1 is 1.03 bits per heavy atom. The molecular weight excluding hydrogens is 490 g/mol. The van der Waals surface area contributed by atoms with E-state index in [4.69, 9.17) is 27.9 Å². The minimum Gasteiger partial charge on any atom is -0.492 e. The molecule has 0 aromatic heterocycles. The summed E-state index contributed by atoms with van der Waals surface area (Å²) in [5.41, 5.74) is 1.34. The van der Waals surface area contributed by atoms with Gasteiger partial charge in [0.05, 0.1) is 35.1 Å². The zero-order chi connectivity index (χ0) is 24.0. The number of carbonyl (C=O) groups excluding carboxylic acids is 1. The van der Waals surface area contributed by atoms with E-state index in [9.17, 15) is 17.6 Å². The van der Waals surface area contributed by atoms with Crippen LogP contribution in [0.5, 0.6) is 5.75 Å². The standard InChI is InChI=1S/C23H21Cl2FN2O4S/c1-33(30,31)28(21-4-2-3-20(24)22(21)25)15-16-5-7-17(8-6-16)23(29)27-13-14-32-19-11-9-18(26)10-12-19/h2-12H,13-15H2,1H3,(H,27,29). The van der Waals surface area contributed by atoms with E-state index in [-0.39, 0.29) is 47.2 Å². The number of halogens is 3. The van der Waals surface area contributed by atoms with Crippen molar-refractivity contribution in [2.24, 2.45) is 0 Å². The fraction of sp³-hybridized carbons (Fsp3) is 0.174. The van der Waals surface area contributed by atoms with Gasteiger partial charge in [-0.25, -0.2) is 12.8 Å². The zero-order valence-corrected chi connectivity index (χ0v) is 19.9. The van der Waals surface area contributed by atoms with E-state index in [1.54, 1.807) is 42.5 Å². The molecule has 174 valence electrons. The number of anilines is 1. The van der Waals surface area contributed by atoms with E-state index in [1.807, 2.05) is 0 Å². The summed E-state index contributed by atoms with van der Waals surface area (Å²) in [6.45, 7) is 0.499. The van der Waals surface area contributed by atoms with Gasteiger partial charge in [0.1, 0.15) is 18.2 Å². The molecule has 0 fully saturated rings. The SMILES string of the molecule is CS(=O)(=O)N(Cc1ccc(C(=O)NCCOc2ccc(F)cc2)cc1)c1cccc(Cl)c1Cl. The van der Waals surface area contributed by atoms with Crippen molar-refractivity contribution in [3.63, 3.8) is 0 Å². The van der Waals surface area contributed by atoms with Gasteiger partial charge in [-0.05, 0) is 54.1 Å². The second kappa shape index (κ2) is 10.9. The molecule has 0 heterocycles. The highest BCUT2D eigenvalue weighted by Gasteiger charge is 2.21. The molecule has 10 heteroatoms. The lowest BCUT2D eigenvalue weighted by molar-refractivity contribution is 0.0947. The maximum atomic E-state index is 12.9. The van der Waals surface area contributed by atoms with Gasteiger partial charge in [-0.1, -0.05) is 41.4 Å². The first-order chi connectivity index (χ1) is 15.6. The highest BCUT2D eigenvalue weighted by Crippen LogP contribution is 2.34. The fourth-order valence-corrected chi connectivity index (χ4v) is 4.30. The average Bonchev–Trinajstić information content (AvgIpc) is 2.78. The minimum absolute atomic E-state index is 0.0201. The van der Waals surface area contributed by atoms with Crippen LogP contribution in [0.1, 0.15) is 15.9 Å². The Kier molecular flexibility index (Phi) is 8.18. The van der Waals surface area contributed by atoms with Crippen molar-refractivity contribution in [1.29, 1.82) is 0 Å². The first-order valence-electron chi connectivity index (χ1n) is 9.82. The lowest BCUT2D eigenvalue weighted by Crippen LogP contribution is -2.30. The molecule has 0 saturated carbocycles. The van der Waals surface area contributed by atoms with E-state index in [0.29, 0.717) is 16.9 Å². The zero-order valence-electron chi connectivity index (χ0n) is 17.6. The number of benzene rings is 3. The number of nitrogens with one attached hydrogen (secondary N) is 1. The highest BCUT2D eigenvalue weighted by atomic mass is 35.5. The number of nitrogens with zero attached hydrogens (tertiary/aromatic N) is 1. The molecule has 3 rings (SSSR count). The molecule has 0 aliphatic heterocycles. The van der Waals surface area contributed by atoms with Crippen LogP contribution in [0.25, 0.3) is 0 Å². The number of ether oxygens (including phenoxy) is 1. The van der Waals surface area contributed by atoms with Crippen molar-refractivity contribution in [3.8, 4) is 5.75 Å². The van der Waals surface area contributed by atoms with Gasteiger partial charge in [0.25, 0.3) is 5.91 Å². The minimum atomic E-state index is -3.65. The molecule has 0 bridgehead atoms. The highest BCUT2D eigenvalue weighted by molar-refractivity contribution is 7.92. The Hall–Kier alpha value is -2.81. The molecule has 0 radical (unpaired) electrons. The lowest BCUT2D eigenvalue weighted by Gasteiger charge is -2.24. The molecule has 0 unspecified atom stereocenters. The number of hydrogen-bond donors (Lipinski definition) is 1. The molecular formula is C23H21Cl2FN2O4S. The maximum absolute atomic E-state index is 12.9. The number of sulfonamides is 1. The molecule has 0 spiro atoms. The lowest BCUT2D eigenvalue weighted by atomic mass is 10.1. The van der Waals surface area contributed by atoms with Gasteiger partial charge in [-0.2, -0.15) is 0 Å². The summed E-state index contributed by atoms with van der Waals surface area (Å²) >= 11 is 12.3. The van der Waals surface area contributed by atoms with Crippen molar-refractivity contribution < 1.29 is 22.3 Å². The Morgan fingerprint density at radius 3 is 2.33 bits per heavy atom. The third kappa shape index (κ3) is 6.83. The predicted octanol–water partition coefficient (Wildman–Crippen LogP) is 4.91. The Balaban J connectivity index is 1.60. The van der Waals surface area contributed by atoms with Crippen molar-refractivity contribution >= 4 is 44.8 Å². The molecule has 3 aromatic rings. The van der Waals surface area contributed by atoms with E-state index < -0.39 is 10.0 Å². The Bertz CT molecular complexity index is 1220. The van der Waals surface area contributed by atoms with Gasteiger partial charge >= 0.3 is 0 Å². The van der Waals surface area contributed by atoms with E-state index in [1.165, 1.54) is 24.3 Å². The molecule has 0 atom stereocenters. The van der Waals surface area contributed by atoms with Gasteiger partial charge in [0, 0.05) is 5.56 Å². The molecule has 3 aromatic carbocycles. The predicted molar refractivity (Wildman–Crippen MR) is 128 cm³/mol. The van der Waals surface area contributed by atoms with Crippen LogP contribution in [0.4, 0.5) is 10.1 Å². The van der Waals surface area contributed by atoms with Crippen LogP contribution in [0.15, 0.2) is 66.7 Å². The van der Waals surface area contributed by atoms with E-state index in [2.05, 4.69) is 5.32 Å². The van der Waals surface area contributed by atoms with Crippen LogP contribution in [0.3, 0.4) is 0 Å². The first-order valence-corrected chi connectivity index (χ1v) is 12.4. The molecule has 33 heavy (non-hydrogen) atoms. The van der Waals surface area contributed by atoms with Gasteiger partial charge < -0.3 is 10.1 Å². The van der Waals surface area contributed by atoms with E-state index in [0.717, 1.165) is 10.6 Å². The second-order valence-electron chi connectivity index (χ2n) is 7.10. The summed E-state index contributed by atoms with van der Waals surface area (Å²) in [5, 5.41) is 3.12. The summed E-state index contributed by atoms with van der Waals surface area (Å²) in [7, 11) is -3.65. The van der Waals surface area contributed by atoms with Crippen LogP contribution < -0.4 is 14.4 Å². The number of amides is 1. The monoisotopic (exact) mass is 510 g/mol. The summed E-state index contributed by atoms with van der Waals surface area (Å²) < 4.78 is 44.2. The van der Waals surface area contributed by atoms with Crippen molar-refractivity contribution in [2.75, 3.05) is 23.7 Å². The number of carbonyl (C=O) groups is 1. The molecule has 0 saturated heterocycles. The summed E-state index contributed by atoms with van der Waals surface area (Å²) in [6.07, 6.45) is 1.08. The molecule has 1 amide bonds. The summed E-state index contributed by atoms with van der Waals surface area (Å²) in [4.78, 5) is 12.3. The van der Waals surface area contributed by atoms with Gasteiger partial charge in [0.2, 0.25) is 10.0 Å². The van der Waals surface area contributed by atoms with Crippen LogP contribution in [0.2, 0.25) is 10.0 Å². The smallest absolute Gasteiger partial charge is 0.251 e. The molecule has 1 N–H and O–H groups in total. The van der Waals surface area contributed by atoms with Crippen LogP contribution in [-0.2, 0) is 16.6 Å². The van der Waals surface area contributed by atoms with Gasteiger partial charge in [-0.3, -0.25) is 9.10 Å². The second-order valence-corrected chi connectivity index (χ2v) is 9.79. The van der Waals surface area contributed by atoms with Gasteiger partial charge in [0.15, 0.2) is 0 Å². The maximum Gasteiger partial charge on any atom is 0.251 e. The molecule has 0 aliphatic carbocycles. The molecule has 0 aliphatic rings. The third-order valence-corrected chi connectivity index (χ3v) is 6.55. The average molecular weight is 511 g/mol. The van der Waals surface area contributed by atoms with Crippen molar-refractivity contribution in [2.45, 2.75) is 6.54 Å². The fourth-order valence-electron chi connectivity index (χ4n) is 2.96. The quantitative estimate of drug-likeness (QED) is 0.415. The topological polar surface area (TPSA) is 75.7 Å². The Morgan fingerprint density at radius 2 is 1.70 bits per heavy atom. The molecule has 6 nitrogen and oxygen atoms in total. The number of hydrogen-bond acceptors (Lipinski definition) is 4. The van der Waals surface area contributed by atoms with Crippen LogP contribution in [0, 0.1) is 5.82 Å². The largest absolute Gasteiger partial charge is 0.492 e.